The minimum atomic E-state index is -4.36. The van der Waals surface area contributed by atoms with E-state index in [4.69, 9.17) is 9.47 Å². The molecule has 0 aliphatic heterocycles. The van der Waals surface area contributed by atoms with E-state index in [0.717, 1.165) is 0 Å². The Morgan fingerprint density at radius 2 is 1.82 bits per heavy atom. The lowest BCUT2D eigenvalue weighted by Crippen LogP contribution is -2.11. The number of rotatable bonds is 5. The van der Waals surface area contributed by atoms with Gasteiger partial charge in [0.05, 0.1) is 19.5 Å². The second-order valence-electron chi connectivity index (χ2n) is 3.50. The molecule has 0 aliphatic rings. The first kappa shape index (κ1) is 13.8. The molecule has 0 bridgehead atoms. The molecule has 0 spiro atoms. The summed E-state index contributed by atoms with van der Waals surface area (Å²) in [5.41, 5.74) is 0.417. The van der Waals surface area contributed by atoms with Crippen molar-refractivity contribution >= 4 is 10.1 Å². The molecule has 1 aromatic rings. The van der Waals surface area contributed by atoms with E-state index in [-0.39, 0.29) is 6.42 Å². The standard InChI is InChI=1S/C11H16O5S/c1-4-11(17(12,13)14)8-5-6-9(15-2)10(7-8)16-3/h5-7,11H,4H2,1-3H3,(H,12,13,14)/p-1. The van der Waals surface area contributed by atoms with Crippen molar-refractivity contribution in [2.75, 3.05) is 14.2 Å². The summed E-state index contributed by atoms with van der Waals surface area (Å²) in [6, 6.07) is 4.66. The van der Waals surface area contributed by atoms with Crippen LogP contribution in [0, 0.1) is 0 Å². The maximum atomic E-state index is 11.1. The third-order valence-corrected chi connectivity index (χ3v) is 3.80. The minimum absolute atomic E-state index is 0.224. The van der Waals surface area contributed by atoms with Crippen molar-refractivity contribution in [2.24, 2.45) is 0 Å². The van der Waals surface area contributed by atoms with Gasteiger partial charge in [0.15, 0.2) is 11.5 Å². The smallest absolute Gasteiger partial charge is 0.161 e. The highest BCUT2D eigenvalue weighted by atomic mass is 32.2. The highest BCUT2D eigenvalue weighted by molar-refractivity contribution is 7.86. The summed E-state index contributed by atoms with van der Waals surface area (Å²) >= 11 is 0. The van der Waals surface area contributed by atoms with Gasteiger partial charge in [-0.1, -0.05) is 13.0 Å². The van der Waals surface area contributed by atoms with E-state index < -0.39 is 15.4 Å². The monoisotopic (exact) mass is 259 g/mol. The van der Waals surface area contributed by atoms with Gasteiger partial charge in [0.2, 0.25) is 0 Å². The number of hydrogen-bond acceptors (Lipinski definition) is 5. The van der Waals surface area contributed by atoms with Crippen LogP contribution in [0.1, 0.15) is 24.2 Å². The van der Waals surface area contributed by atoms with Crippen LogP contribution in [0.4, 0.5) is 0 Å². The average Bonchev–Trinajstić information content (AvgIpc) is 2.27. The first-order chi connectivity index (χ1) is 7.93. The van der Waals surface area contributed by atoms with E-state index in [1.165, 1.54) is 20.3 Å². The van der Waals surface area contributed by atoms with Gasteiger partial charge in [-0.05, 0) is 24.1 Å². The summed E-state index contributed by atoms with van der Waals surface area (Å²) in [7, 11) is -1.42. The summed E-state index contributed by atoms with van der Waals surface area (Å²) in [6.07, 6.45) is 0.224. The van der Waals surface area contributed by atoms with Crippen molar-refractivity contribution in [3.05, 3.63) is 23.8 Å². The highest BCUT2D eigenvalue weighted by Crippen LogP contribution is 2.33. The minimum Gasteiger partial charge on any atom is -0.747 e. The highest BCUT2D eigenvalue weighted by Gasteiger charge is 2.18. The SMILES string of the molecule is CCC(c1ccc(OC)c(OC)c1)S(=O)(=O)[O-]. The van der Waals surface area contributed by atoms with Crippen LogP contribution >= 0.6 is 0 Å². The first-order valence-electron chi connectivity index (χ1n) is 5.10. The Balaban J connectivity index is 3.23. The lowest BCUT2D eigenvalue weighted by Gasteiger charge is -2.20. The quantitative estimate of drug-likeness (QED) is 0.752. The molecule has 6 heteroatoms. The molecule has 0 saturated carbocycles. The van der Waals surface area contributed by atoms with Crippen molar-refractivity contribution in [1.82, 2.24) is 0 Å². The summed E-state index contributed by atoms with van der Waals surface area (Å²) in [5, 5.41) is -1.05. The van der Waals surface area contributed by atoms with E-state index in [1.807, 2.05) is 0 Å². The Bertz CT molecular complexity index is 481. The van der Waals surface area contributed by atoms with E-state index in [9.17, 15) is 13.0 Å². The van der Waals surface area contributed by atoms with E-state index in [1.54, 1.807) is 19.1 Å². The van der Waals surface area contributed by atoms with Crippen LogP contribution in [-0.2, 0) is 10.1 Å². The Morgan fingerprint density at radius 3 is 2.24 bits per heavy atom. The molecular formula is C11H15O5S-. The zero-order valence-corrected chi connectivity index (χ0v) is 10.8. The molecule has 0 N–H and O–H groups in total. The van der Waals surface area contributed by atoms with Gasteiger partial charge in [0, 0.05) is 0 Å². The van der Waals surface area contributed by atoms with Gasteiger partial charge in [-0.25, -0.2) is 8.42 Å². The van der Waals surface area contributed by atoms with Gasteiger partial charge in [-0.3, -0.25) is 0 Å². The van der Waals surface area contributed by atoms with E-state index in [0.29, 0.717) is 17.1 Å². The predicted octanol–water partition coefficient (Wildman–Crippen LogP) is 1.70. The lowest BCUT2D eigenvalue weighted by molar-refractivity contribution is 0.354. The second kappa shape index (κ2) is 5.37. The molecule has 1 rings (SSSR count). The van der Waals surface area contributed by atoms with Crippen LogP contribution in [0.2, 0.25) is 0 Å². The molecule has 96 valence electrons. The van der Waals surface area contributed by atoms with Gasteiger partial charge in [0.1, 0.15) is 10.1 Å². The summed E-state index contributed by atoms with van der Waals surface area (Å²) < 4.78 is 43.4. The molecule has 0 fully saturated rings. The number of methoxy groups -OCH3 is 2. The Labute approximate surface area is 101 Å². The van der Waals surface area contributed by atoms with Crippen molar-refractivity contribution in [3.8, 4) is 11.5 Å². The molecule has 0 amide bonds. The van der Waals surface area contributed by atoms with Crippen LogP contribution in [0.5, 0.6) is 11.5 Å². The van der Waals surface area contributed by atoms with Gasteiger partial charge in [-0.15, -0.1) is 0 Å². The molecule has 17 heavy (non-hydrogen) atoms. The molecule has 0 saturated heterocycles. The third kappa shape index (κ3) is 3.10. The largest absolute Gasteiger partial charge is 0.747 e. The van der Waals surface area contributed by atoms with Crippen LogP contribution < -0.4 is 9.47 Å². The molecule has 1 atom stereocenters. The van der Waals surface area contributed by atoms with Gasteiger partial charge in [0.25, 0.3) is 0 Å². The Morgan fingerprint density at radius 1 is 1.24 bits per heavy atom. The first-order valence-corrected chi connectivity index (χ1v) is 6.57. The number of ether oxygens (including phenoxy) is 2. The van der Waals surface area contributed by atoms with Crippen molar-refractivity contribution in [1.29, 1.82) is 0 Å². The molecular weight excluding hydrogens is 244 g/mol. The molecule has 0 aromatic heterocycles. The molecule has 0 aliphatic carbocycles. The van der Waals surface area contributed by atoms with E-state index in [2.05, 4.69) is 0 Å². The van der Waals surface area contributed by atoms with Gasteiger partial charge < -0.3 is 14.0 Å². The normalized spacial score (nSPS) is 13.2. The fourth-order valence-corrected chi connectivity index (χ4v) is 2.55. The van der Waals surface area contributed by atoms with Crippen molar-refractivity contribution < 1.29 is 22.4 Å². The average molecular weight is 259 g/mol. The van der Waals surface area contributed by atoms with Crippen LogP contribution in [-0.4, -0.2) is 27.2 Å². The van der Waals surface area contributed by atoms with Crippen LogP contribution in [0.15, 0.2) is 18.2 Å². The van der Waals surface area contributed by atoms with Crippen molar-refractivity contribution in [2.45, 2.75) is 18.6 Å². The lowest BCUT2D eigenvalue weighted by atomic mass is 10.1. The number of hydrogen-bond donors (Lipinski definition) is 0. The molecule has 5 nitrogen and oxygen atoms in total. The fraction of sp³-hybridized carbons (Fsp3) is 0.455. The van der Waals surface area contributed by atoms with Gasteiger partial charge in [-0.2, -0.15) is 0 Å². The zero-order valence-electron chi connectivity index (χ0n) is 9.97. The number of benzene rings is 1. The second-order valence-corrected chi connectivity index (χ2v) is 5.06. The molecule has 1 unspecified atom stereocenters. The van der Waals surface area contributed by atoms with Crippen molar-refractivity contribution in [3.63, 3.8) is 0 Å². The maximum absolute atomic E-state index is 11.1. The molecule has 0 heterocycles. The summed E-state index contributed by atoms with van der Waals surface area (Å²) in [6.45, 7) is 1.65. The molecule has 0 radical (unpaired) electrons. The topological polar surface area (TPSA) is 75.7 Å². The summed E-state index contributed by atoms with van der Waals surface area (Å²) in [5.74, 6) is 0.904. The Kier molecular flexibility index (Phi) is 4.36. The third-order valence-electron chi connectivity index (χ3n) is 2.50. The maximum Gasteiger partial charge on any atom is 0.161 e. The predicted molar refractivity (Wildman–Crippen MR) is 62.3 cm³/mol. The fourth-order valence-electron chi connectivity index (χ4n) is 1.66. The van der Waals surface area contributed by atoms with Crippen LogP contribution in [0.3, 0.4) is 0 Å². The van der Waals surface area contributed by atoms with Gasteiger partial charge >= 0.3 is 0 Å². The molecule has 1 aromatic carbocycles. The van der Waals surface area contributed by atoms with E-state index >= 15 is 0 Å². The Hall–Kier alpha value is -1.27. The van der Waals surface area contributed by atoms with Crippen LogP contribution in [0.25, 0.3) is 0 Å². The zero-order chi connectivity index (χ0) is 13.1. The summed E-state index contributed by atoms with van der Waals surface area (Å²) in [4.78, 5) is 0.